The van der Waals surface area contributed by atoms with Gasteiger partial charge in [0.1, 0.15) is 5.54 Å². The molecular formula is C12H20N2O3. The number of carbonyl (C=O) groups excluding carboxylic acids is 1. The average Bonchev–Trinajstić information content (AvgIpc) is 2.84. The summed E-state index contributed by atoms with van der Waals surface area (Å²) in [5.41, 5.74) is 4.59. The molecule has 0 aromatic carbocycles. The van der Waals surface area contributed by atoms with Gasteiger partial charge in [0.05, 0.1) is 6.04 Å². The van der Waals surface area contributed by atoms with Gasteiger partial charge in [0.15, 0.2) is 5.78 Å². The van der Waals surface area contributed by atoms with E-state index in [2.05, 4.69) is 0 Å². The van der Waals surface area contributed by atoms with Crippen LogP contribution in [0.15, 0.2) is 0 Å². The van der Waals surface area contributed by atoms with Gasteiger partial charge in [-0.3, -0.25) is 14.5 Å². The average molecular weight is 240 g/mol. The largest absolute Gasteiger partial charge is 0.480 e. The van der Waals surface area contributed by atoms with Crippen LogP contribution in [0.1, 0.15) is 32.1 Å². The molecule has 3 N–H and O–H groups in total. The number of likely N-dealkylation sites (tertiary alicyclic amines) is 1. The number of nitrogens with zero attached hydrogens (tertiary/aromatic N) is 1. The zero-order valence-electron chi connectivity index (χ0n) is 10.2. The first-order valence-electron chi connectivity index (χ1n) is 6.23. The molecule has 1 aliphatic heterocycles. The third-order valence-electron chi connectivity index (χ3n) is 4.30. The third kappa shape index (κ3) is 1.98. The molecule has 5 heteroatoms. The van der Waals surface area contributed by atoms with Crippen molar-refractivity contribution in [3.8, 4) is 0 Å². The van der Waals surface area contributed by atoms with Gasteiger partial charge in [-0.2, -0.15) is 0 Å². The number of Topliss-reactive ketones (excluding diaryl/α,β-unsaturated/α-hetero) is 1. The van der Waals surface area contributed by atoms with Crippen LogP contribution in [0.4, 0.5) is 0 Å². The lowest BCUT2D eigenvalue weighted by atomic mass is 9.82. The molecule has 1 saturated carbocycles. The number of nitrogens with two attached hydrogens (primary N) is 1. The second kappa shape index (κ2) is 4.38. The predicted octanol–water partition coefficient (Wildman–Crippen LogP) is 0.232. The zero-order valence-corrected chi connectivity index (χ0v) is 10.2. The highest BCUT2D eigenvalue weighted by molar-refractivity contribution is 5.94. The van der Waals surface area contributed by atoms with Crippen molar-refractivity contribution in [2.75, 3.05) is 13.6 Å². The molecule has 0 aromatic heterocycles. The van der Waals surface area contributed by atoms with E-state index in [0.717, 1.165) is 25.8 Å². The lowest BCUT2D eigenvalue weighted by molar-refractivity contribution is -0.148. The van der Waals surface area contributed by atoms with Gasteiger partial charge >= 0.3 is 5.97 Å². The summed E-state index contributed by atoms with van der Waals surface area (Å²) in [6.07, 6.45) is 3.60. The van der Waals surface area contributed by atoms with E-state index in [1.165, 1.54) is 0 Å². The van der Waals surface area contributed by atoms with E-state index in [1.54, 1.807) is 0 Å². The number of likely N-dealkylation sites (N-methyl/N-ethyl adjacent to an activating group) is 1. The Morgan fingerprint density at radius 2 is 2.06 bits per heavy atom. The van der Waals surface area contributed by atoms with Crippen molar-refractivity contribution in [3.05, 3.63) is 0 Å². The van der Waals surface area contributed by atoms with Gasteiger partial charge in [0.25, 0.3) is 0 Å². The molecule has 0 bridgehead atoms. The smallest absolute Gasteiger partial charge is 0.324 e. The molecule has 17 heavy (non-hydrogen) atoms. The Morgan fingerprint density at radius 3 is 2.59 bits per heavy atom. The number of ketones is 1. The summed E-state index contributed by atoms with van der Waals surface area (Å²) in [5, 5.41) is 9.21. The van der Waals surface area contributed by atoms with E-state index in [4.69, 9.17) is 5.73 Å². The summed E-state index contributed by atoms with van der Waals surface area (Å²) in [5.74, 6) is -1.51. The summed E-state index contributed by atoms with van der Waals surface area (Å²) in [6.45, 7) is 0.910. The maximum atomic E-state index is 12.4. The fourth-order valence-electron chi connectivity index (χ4n) is 3.18. The summed E-state index contributed by atoms with van der Waals surface area (Å²) < 4.78 is 0. The van der Waals surface area contributed by atoms with Gasteiger partial charge in [-0.25, -0.2) is 0 Å². The lowest BCUT2D eigenvalue weighted by Crippen LogP contribution is -2.56. The highest BCUT2D eigenvalue weighted by atomic mass is 16.4. The minimum atomic E-state index is -1.33. The van der Waals surface area contributed by atoms with Crippen LogP contribution in [0, 0.1) is 5.92 Å². The molecule has 0 amide bonds. The number of carbonyl (C=O) groups is 2. The predicted molar refractivity (Wildman–Crippen MR) is 62.6 cm³/mol. The van der Waals surface area contributed by atoms with Crippen molar-refractivity contribution >= 4 is 11.8 Å². The molecule has 2 aliphatic rings. The van der Waals surface area contributed by atoms with Gasteiger partial charge in [-0.15, -0.1) is 0 Å². The Kier molecular flexibility index (Phi) is 3.23. The molecule has 3 atom stereocenters. The number of hydrogen-bond acceptors (Lipinski definition) is 4. The van der Waals surface area contributed by atoms with Crippen molar-refractivity contribution in [3.63, 3.8) is 0 Å². The molecule has 0 spiro atoms. The zero-order chi connectivity index (χ0) is 12.6. The molecule has 1 saturated heterocycles. The molecule has 2 unspecified atom stereocenters. The Morgan fingerprint density at radius 1 is 1.35 bits per heavy atom. The molecule has 2 rings (SSSR count). The van der Waals surface area contributed by atoms with Gasteiger partial charge in [0.2, 0.25) is 0 Å². The number of aliphatic carboxylic acids is 1. The van der Waals surface area contributed by atoms with E-state index < -0.39 is 17.4 Å². The second-order valence-electron chi connectivity index (χ2n) is 5.33. The van der Waals surface area contributed by atoms with E-state index in [0.29, 0.717) is 12.8 Å². The molecule has 0 radical (unpaired) electrons. The first kappa shape index (κ1) is 12.5. The van der Waals surface area contributed by atoms with E-state index in [-0.39, 0.29) is 11.8 Å². The monoisotopic (exact) mass is 240 g/mol. The first-order valence-corrected chi connectivity index (χ1v) is 6.23. The van der Waals surface area contributed by atoms with Crippen molar-refractivity contribution in [1.82, 2.24) is 4.90 Å². The first-order chi connectivity index (χ1) is 7.97. The Hall–Kier alpha value is -0.940. The topological polar surface area (TPSA) is 83.6 Å². The Labute approximate surface area is 101 Å². The van der Waals surface area contributed by atoms with Crippen LogP contribution in [-0.4, -0.2) is 46.9 Å². The maximum absolute atomic E-state index is 12.4. The fourth-order valence-corrected chi connectivity index (χ4v) is 3.18. The summed E-state index contributed by atoms with van der Waals surface area (Å²) in [7, 11) is 1.92. The molecular weight excluding hydrogens is 220 g/mol. The molecule has 1 aliphatic carbocycles. The Bertz CT molecular complexity index is 345. The number of carboxylic acid groups (broad SMARTS) is 1. The third-order valence-corrected chi connectivity index (χ3v) is 4.30. The van der Waals surface area contributed by atoms with Crippen LogP contribution >= 0.6 is 0 Å². The standard InChI is InChI=1S/C12H20N2O3/c1-14-7-3-5-9(14)10(15)8-4-2-6-12(8,13)11(16)17/h8-9H,2-7,13H2,1H3,(H,16,17)/t8?,9-,12?/m0/s1. The Balaban J connectivity index is 2.16. The van der Waals surface area contributed by atoms with Crippen LogP contribution in [0.5, 0.6) is 0 Å². The second-order valence-corrected chi connectivity index (χ2v) is 5.33. The molecule has 1 heterocycles. The van der Waals surface area contributed by atoms with Gasteiger partial charge in [-0.05, 0) is 39.3 Å². The highest BCUT2D eigenvalue weighted by Crippen LogP contribution is 2.37. The molecule has 5 nitrogen and oxygen atoms in total. The summed E-state index contributed by atoms with van der Waals surface area (Å²) in [4.78, 5) is 25.7. The molecule has 96 valence electrons. The molecule has 2 fully saturated rings. The van der Waals surface area contributed by atoms with Gasteiger partial charge in [-0.1, -0.05) is 6.42 Å². The minimum absolute atomic E-state index is 0.0346. The van der Waals surface area contributed by atoms with Crippen molar-refractivity contribution < 1.29 is 14.7 Å². The van der Waals surface area contributed by atoms with Crippen LogP contribution < -0.4 is 5.73 Å². The highest BCUT2D eigenvalue weighted by Gasteiger charge is 2.51. The minimum Gasteiger partial charge on any atom is -0.480 e. The van der Waals surface area contributed by atoms with Gasteiger partial charge < -0.3 is 10.8 Å². The van der Waals surface area contributed by atoms with Crippen LogP contribution in [0.2, 0.25) is 0 Å². The number of hydrogen-bond donors (Lipinski definition) is 2. The maximum Gasteiger partial charge on any atom is 0.324 e. The van der Waals surface area contributed by atoms with Crippen LogP contribution in [0.3, 0.4) is 0 Å². The van der Waals surface area contributed by atoms with Crippen LogP contribution in [-0.2, 0) is 9.59 Å². The number of rotatable bonds is 3. The normalized spacial score (nSPS) is 38.5. The van der Waals surface area contributed by atoms with E-state index in [1.807, 2.05) is 11.9 Å². The van der Waals surface area contributed by atoms with Crippen molar-refractivity contribution in [2.45, 2.75) is 43.7 Å². The van der Waals surface area contributed by atoms with Gasteiger partial charge in [0, 0.05) is 5.92 Å². The summed E-state index contributed by atoms with van der Waals surface area (Å²) >= 11 is 0. The fraction of sp³-hybridized carbons (Fsp3) is 0.833. The van der Waals surface area contributed by atoms with E-state index in [9.17, 15) is 14.7 Å². The van der Waals surface area contributed by atoms with Crippen molar-refractivity contribution in [2.24, 2.45) is 11.7 Å². The van der Waals surface area contributed by atoms with E-state index >= 15 is 0 Å². The van der Waals surface area contributed by atoms with Crippen LogP contribution in [0.25, 0.3) is 0 Å². The summed E-state index contributed by atoms with van der Waals surface area (Å²) in [6, 6.07) is -0.125. The molecule has 0 aromatic rings. The SMILES string of the molecule is CN1CCC[C@H]1C(=O)C1CCCC1(N)C(=O)O. The lowest BCUT2D eigenvalue weighted by Gasteiger charge is -2.29. The van der Waals surface area contributed by atoms with Crippen molar-refractivity contribution in [1.29, 1.82) is 0 Å². The number of carboxylic acids is 1. The quantitative estimate of drug-likeness (QED) is 0.738.